The molecule has 0 unspecified atom stereocenters. The van der Waals surface area contributed by atoms with E-state index < -0.39 is 0 Å². The minimum Gasteiger partial charge on any atom is -0.497 e. The second-order valence-electron chi connectivity index (χ2n) is 7.06. The van der Waals surface area contributed by atoms with Gasteiger partial charge in [-0.2, -0.15) is 0 Å². The van der Waals surface area contributed by atoms with Crippen LogP contribution in [0.4, 0.5) is 0 Å². The van der Waals surface area contributed by atoms with Gasteiger partial charge in [0.15, 0.2) is 0 Å². The quantitative estimate of drug-likeness (QED) is 0.283. The summed E-state index contributed by atoms with van der Waals surface area (Å²) in [6.07, 6.45) is 0. The van der Waals surface area contributed by atoms with Crippen LogP contribution in [-0.4, -0.2) is 11.1 Å². The highest BCUT2D eigenvalue weighted by atomic mass is 32.2. The molecule has 2 heterocycles. The van der Waals surface area contributed by atoms with E-state index in [0.29, 0.717) is 0 Å². The first kappa shape index (κ1) is 19.0. The molecule has 5 aromatic rings. The van der Waals surface area contributed by atoms with Gasteiger partial charge in [-0.05, 0) is 71.8 Å². The molecular formula is C26H21NOS2. The molecule has 2 nitrogen and oxygen atoms in total. The molecular weight excluding hydrogens is 406 g/mol. The molecule has 0 amide bonds. The minimum atomic E-state index is 0.870. The Hall–Kier alpha value is -2.95. The maximum Gasteiger partial charge on any atom is 0.118 e. The van der Waals surface area contributed by atoms with Gasteiger partial charge in [0.25, 0.3) is 0 Å². The number of hydrogen-bond acceptors (Lipinski definition) is 3. The van der Waals surface area contributed by atoms with Crippen LogP contribution in [0.15, 0.2) is 95.2 Å². The highest BCUT2D eigenvalue weighted by molar-refractivity contribution is 7.98. The molecule has 0 radical (unpaired) electrons. The number of thiophene rings is 1. The summed E-state index contributed by atoms with van der Waals surface area (Å²) in [7, 11) is 1.70. The maximum atomic E-state index is 5.33. The lowest BCUT2D eigenvalue weighted by Gasteiger charge is -2.12. The number of nitrogens with zero attached hydrogens (tertiary/aromatic N) is 1. The van der Waals surface area contributed by atoms with Crippen molar-refractivity contribution in [3.8, 4) is 28.1 Å². The van der Waals surface area contributed by atoms with Gasteiger partial charge in [0.2, 0.25) is 0 Å². The first-order chi connectivity index (χ1) is 14.8. The highest BCUT2D eigenvalue weighted by Crippen LogP contribution is 2.46. The van der Waals surface area contributed by atoms with Crippen molar-refractivity contribution in [2.24, 2.45) is 0 Å². The fourth-order valence-corrected chi connectivity index (χ4v) is 5.54. The number of hydrogen-bond donors (Lipinski definition) is 0. The Morgan fingerprint density at radius 2 is 1.57 bits per heavy atom. The van der Waals surface area contributed by atoms with Gasteiger partial charge in [-0.25, -0.2) is 0 Å². The number of fused-ring (bicyclic) bond motifs is 1. The number of ether oxygens (including phenoxy) is 1. The van der Waals surface area contributed by atoms with Crippen molar-refractivity contribution in [1.82, 2.24) is 3.97 Å². The zero-order valence-corrected chi connectivity index (χ0v) is 18.5. The summed E-state index contributed by atoms with van der Waals surface area (Å²) in [6, 6.07) is 29.9. The van der Waals surface area contributed by atoms with Crippen LogP contribution in [0.25, 0.3) is 33.3 Å². The standard InChI is InChI=1S/C26H21NOS2/c1-18-22(16-17-29-18)25-23-10-6-7-11-24(23)27(26(25)19-8-4-3-5-9-19)30-21-14-12-20(28-2)13-15-21/h3-17H,1-2H3. The van der Waals surface area contributed by atoms with Gasteiger partial charge in [0, 0.05) is 20.7 Å². The third-order valence-corrected chi connectivity index (χ3v) is 7.15. The van der Waals surface area contributed by atoms with Crippen molar-refractivity contribution < 1.29 is 4.74 Å². The molecule has 148 valence electrons. The van der Waals surface area contributed by atoms with Crippen LogP contribution < -0.4 is 4.74 Å². The third-order valence-electron chi connectivity index (χ3n) is 5.26. The Balaban J connectivity index is 1.79. The van der Waals surface area contributed by atoms with E-state index >= 15 is 0 Å². The van der Waals surface area contributed by atoms with Crippen LogP contribution in [0.1, 0.15) is 4.88 Å². The zero-order chi connectivity index (χ0) is 20.5. The predicted octanol–water partition coefficient (Wildman–Crippen LogP) is 7.91. The smallest absolute Gasteiger partial charge is 0.118 e. The summed E-state index contributed by atoms with van der Waals surface area (Å²) in [5.41, 5.74) is 6.29. The van der Waals surface area contributed by atoms with Crippen molar-refractivity contribution in [2.45, 2.75) is 11.8 Å². The average molecular weight is 428 g/mol. The maximum absolute atomic E-state index is 5.33. The highest BCUT2D eigenvalue weighted by Gasteiger charge is 2.22. The van der Waals surface area contributed by atoms with Crippen LogP contribution in [0.5, 0.6) is 5.75 Å². The van der Waals surface area contributed by atoms with E-state index in [2.05, 4.69) is 89.1 Å². The molecule has 0 aliphatic rings. The van der Waals surface area contributed by atoms with Crippen molar-refractivity contribution in [2.75, 3.05) is 7.11 Å². The number of aromatic nitrogens is 1. The van der Waals surface area contributed by atoms with Gasteiger partial charge >= 0.3 is 0 Å². The fraction of sp³-hybridized carbons (Fsp3) is 0.0769. The van der Waals surface area contributed by atoms with Crippen LogP contribution in [-0.2, 0) is 0 Å². The van der Waals surface area contributed by atoms with Crippen molar-refractivity contribution >= 4 is 34.2 Å². The second kappa shape index (κ2) is 8.05. The summed E-state index contributed by atoms with van der Waals surface area (Å²) < 4.78 is 7.71. The topological polar surface area (TPSA) is 14.2 Å². The SMILES string of the molecule is COc1ccc(Sn2c(-c3ccccc3)c(-c3ccsc3C)c3ccccc32)cc1. The van der Waals surface area contributed by atoms with Crippen molar-refractivity contribution in [3.05, 3.63) is 95.2 Å². The van der Waals surface area contributed by atoms with Gasteiger partial charge in [-0.3, -0.25) is 3.97 Å². The molecule has 0 spiro atoms. The minimum absolute atomic E-state index is 0.870. The van der Waals surface area contributed by atoms with Crippen LogP contribution in [0.3, 0.4) is 0 Å². The number of aryl methyl sites for hydroxylation is 1. The lowest BCUT2D eigenvalue weighted by atomic mass is 9.99. The molecule has 5 rings (SSSR count). The van der Waals surface area contributed by atoms with Crippen LogP contribution >= 0.6 is 23.3 Å². The lowest BCUT2D eigenvalue weighted by Crippen LogP contribution is -1.92. The Labute approximate surface area is 184 Å². The number of rotatable bonds is 5. The van der Waals surface area contributed by atoms with Crippen LogP contribution in [0.2, 0.25) is 0 Å². The zero-order valence-electron chi connectivity index (χ0n) is 16.8. The van der Waals surface area contributed by atoms with Gasteiger partial charge in [-0.1, -0.05) is 48.5 Å². The molecule has 0 bridgehead atoms. The molecule has 4 heteroatoms. The number of methoxy groups -OCH3 is 1. The van der Waals surface area contributed by atoms with Crippen molar-refractivity contribution in [1.29, 1.82) is 0 Å². The molecule has 2 aromatic heterocycles. The molecule has 0 saturated heterocycles. The van der Waals surface area contributed by atoms with Gasteiger partial charge < -0.3 is 4.74 Å². The fourth-order valence-electron chi connectivity index (χ4n) is 3.82. The molecule has 0 saturated carbocycles. The van der Waals surface area contributed by atoms with Crippen LogP contribution in [0, 0.1) is 6.92 Å². The molecule has 0 aliphatic heterocycles. The second-order valence-corrected chi connectivity index (χ2v) is 9.20. The van der Waals surface area contributed by atoms with Gasteiger partial charge in [0.05, 0.1) is 18.3 Å². The Morgan fingerprint density at radius 1 is 0.833 bits per heavy atom. The summed E-state index contributed by atoms with van der Waals surface area (Å²) in [5.74, 6) is 0.870. The number of para-hydroxylation sites is 1. The van der Waals surface area contributed by atoms with E-state index in [4.69, 9.17) is 4.74 Å². The molecule has 0 N–H and O–H groups in total. The predicted molar refractivity (Wildman–Crippen MR) is 130 cm³/mol. The van der Waals surface area contributed by atoms with E-state index in [1.54, 1.807) is 30.4 Å². The molecule has 30 heavy (non-hydrogen) atoms. The lowest BCUT2D eigenvalue weighted by molar-refractivity contribution is 0.414. The molecule has 3 aromatic carbocycles. The molecule has 0 atom stereocenters. The van der Waals surface area contributed by atoms with E-state index in [9.17, 15) is 0 Å². The normalized spacial score (nSPS) is 11.1. The van der Waals surface area contributed by atoms with E-state index in [0.717, 1.165) is 5.75 Å². The Morgan fingerprint density at radius 3 is 2.27 bits per heavy atom. The number of benzene rings is 3. The monoisotopic (exact) mass is 427 g/mol. The van der Waals surface area contributed by atoms with E-state index in [-0.39, 0.29) is 0 Å². The summed E-state index contributed by atoms with van der Waals surface area (Å²) >= 11 is 3.55. The third kappa shape index (κ3) is 3.32. The summed E-state index contributed by atoms with van der Waals surface area (Å²) in [5, 5.41) is 3.46. The van der Waals surface area contributed by atoms with Crippen molar-refractivity contribution in [3.63, 3.8) is 0 Å². The van der Waals surface area contributed by atoms with Gasteiger partial charge in [0.1, 0.15) is 5.75 Å². The van der Waals surface area contributed by atoms with Gasteiger partial charge in [-0.15, -0.1) is 11.3 Å². The van der Waals surface area contributed by atoms with E-state index in [1.807, 2.05) is 12.1 Å². The van der Waals surface area contributed by atoms with E-state index in [1.165, 1.54) is 43.1 Å². The first-order valence-corrected chi connectivity index (χ1v) is 11.5. The average Bonchev–Trinajstić information content (AvgIpc) is 3.36. The summed E-state index contributed by atoms with van der Waals surface area (Å²) in [4.78, 5) is 2.51. The Bertz CT molecular complexity index is 1300. The molecule has 0 aliphatic carbocycles. The largest absolute Gasteiger partial charge is 0.497 e. The Kier molecular flexibility index (Phi) is 5.11. The molecule has 0 fully saturated rings. The first-order valence-electron chi connectivity index (χ1n) is 9.82. The summed E-state index contributed by atoms with van der Waals surface area (Å²) in [6.45, 7) is 2.21.